The summed E-state index contributed by atoms with van der Waals surface area (Å²) >= 11 is 0. The van der Waals surface area contributed by atoms with Gasteiger partial charge in [0.25, 0.3) is 0 Å². The number of rotatable bonds is 3. The van der Waals surface area contributed by atoms with Crippen molar-refractivity contribution >= 4 is 0 Å². The van der Waals surface area contributed by atoms with Crippen molar-refractivity contribution in [1.29, 1.82) is 0 Å². The standard InChI is InChI=1S/C18H27NO2/c1-4-12-8-9-19-15(10-12)16(20)14-7-5-6-13-11-18(2,3)21-17(13)14/h5-7,12,15-16,19-20H,4,8-11H2,1-3H3. The minimum atomic E-state index is -0.483. The normalized spacial score (nSPS) is 28.8. The lowest BCUT2D eigenvalue weighted by Crippen LogP contribution is -2.42. The van der Waals surface area contributed by atoms with Gasteiger partial charge in [-0.2, -0.15) is 0 Å². The predicted octanol–water partition coefficient (Wildman–Crippen LogP) is 3.21. The Morgan fingerprint density at radius 2 is 2.24 bits per heavy atom. The Balaban J connectivity index is 1.83. The van der Waals surface area contributed by atoms with Gasteiger partial charge in [0.1, 0.15) is 11.4 Å². The third-order valence-corrected chi connectivity index (χ3v) is 4.95. The smallest absolute Gasteiger partial charge is 0.129 e. The molecule has 1 aromatic carbocycles. The zero-order valence-corrected chi connectivity index (χ0v) is 13.4. The molecule has 1 saturated heterocycles. The summed E-state index contributed by atoms with van der Waals surface area (Å²) in [5.41, 5.74) is 2.01. The Labute approximate surface area is 127 Å². The van der Waals surface area contributed by atoms with Crippen LogP contribution in [0, 0.1) is 5.92 Å². The van der Waals surface area contributed by atoms with E-state index in [0.717, 1.165) is 36.6 Å². The Morgan fingerprint density at radius 1 is 1.43 bits per heavy atom. The number of hydrogen-bond acceptors (Lipinski definition) is 3. The van der Waals surface area contributed by atoms with Crippen LogP contribution in [0.3, 0.4) is 0 Å². The molecule has 0 radical (unpaired) electrons. The molecule has 0 aliphatic carbocycles. The average molecular weight is 289 g/mol. The Hall–Kier alpha value is -1.06. The van der Waals surface area contributed by atoms with Gasteiger partial charge in [0, 0.05) is 18.0 Å². The summed E-state index contributed by atoms with van der Waals surface area (Å²) in [6, 6.07) is 6.32. The molecule has 116 valence electrons. The molecule has 0 amide bonds. The van der Waals surface area contributed by atoms with Crippen LogP contribution < -0.4 is 10.1 Å². The van der Waals surface area contributed by atoms with Crippen molar-refractivity contribution in [1.82, 2.24) is 5.32 Å². The van der Waals surface area contributed by atoms with Crippen molar-refractivity contribution in [3.05, 3.63) is 29.3 Å². The van der Waals surface area contributed by atoms with E-state index in [4.69, 9.17) is 4.74 Å². The zero-order chi connectivity index (χ0) is 15.0. The van der Waals surface area contributed by atoms with Gasteiger partial charge in [-0.1, -0.05) is 31.5 Å². The topological polar surface area (TPSA) is 41.5 Å². The van der Waals surface area contributed by atoms with Crippen molar-refractivity contribution in [2.24, 2.45) is 5.92 Å². The number of aliphatic hydroxyl groups is 1. The quantitative estimate of drug-likeness (QED) is 0.898. The molecule has 2 N–H and O–H groups in total. The molecule has 1 aromatic rings. The molecule has 0 bridgehead atoms. The van der Waals surface area contributed by atoms with Gasteiger partial charge in [-0.25, -0.2) is 0 Å². The first-order chi connectivity index (χ1) is 10.00. The van der Waals surface area contributed by atoms with Gasteiger partial charge in [-0.05, 0) is 44.7 Å². The maximum atomic E-state index is 10.9. The number of fused-ring (bicyclic) bond motifs is 1. The van der Waals surface area contributed by atoms with Crippen molar-refractivity contribution in [3.63, 3.8) is 0 Å². The van der Waals surface area contributed by atoms with E-state index in [2.05, 4.69) is 32.2 Å². The molecule has 3 atom stereocenters. The monoisotopic (exact) mass is 289 g/mol. The highest BCUT2D eigenvalue weighted by Gasteiger charge is 2.35. The Kier molecular flexibility index (Phi) is 3.98. The molecule has 0 saturated carbocycles. The van der Waals surface area contributed by atoms with Gasteiger partial charge in [0.2, 0.25) is 0 Å². The summed E-state index contributed by atoms with van der Waals surface area (Å²) in [4.78, 5) is 0. The summed E-state index contributed by atoms with van der Waals surface area (Å²) in [6.07, 6.45) is 3.89. The molecule has 3 heteroatoms. The number of benzene rings is 1. The highest BCUT2D eigenvalue weighted by molar-refractivity contribution is 5.47. The van der Waals surface area contributed by atoms with Crippen LogP contribution in [0.5, 0.6) is 5.75 Å². The predicted molar refractivity (Wildman–Crippen MR) is 84.6 cm³/mol. The molecular formula is C18H27NO2. The second-order valence-electron chi connectivity index (χ2n) is 7.18. The van der Waals surface area contributed by atoms with Crippen LogP contribution in [0.1, 0.15) is 57.3 Å². The fourth-order valence-electron chi connectivity index (χ4n) is 3.73. The first kappa shape index (κ1) is 14.9. The van der Waals surface area contributed by atoms with Crippen LogP contribution in [0.2, 0.25) is 0 Å². The van der Waals surface area contributed by atoms with Gasteiger partial charge in [-0.15, -0.1) is 0 Å². The van der Waals surface area contributed by atoms with E-state index in [1.807, 2.05) is 12.1 Å². The van der Waals surface area contributed by atoms with Gasteiger partial charge in [-0.3, -0.25) is 0 Å². The Bertz CT molecular complexity index is 512. The van der Waals surface area contributed by atoms with E-state index in [9.17, 15) is 5.11 Å². The summed E-state index contributed by atoms with van der Waals surface area (Å²) < 4.78 is 6.10. The minimum absolute atomic E-state index is 0.141. The maximum absolute atomic E-state index is 10.9. The highest BCUT2D eigenvalue weighted by atomic mass is 16.5. The molecular weight excluding hydrogens is 262 g/mol. The van der Waals surface area contributed by atoms with Gasteiger partial charge < -0.3 is 15.2 Å². The van der Waals surface area contributed by atoms with Crippen LogP contribution in [-0.4, -0.2) is 23.3 Å². The molecule has 0 aromatic heterocycles. The molecule has 3 nitrogen and oxygen atoms in total. The van der Waals surface area contributed by atoms with Crippen LogP contribution in [-0.2, 0) is 6.42 Å². The zero-order valence-electron chi connectivity index (χ0n) is 13.4. The molecule has 3 rings (SSSR count). The molecule has 3 unspecified atom stereocenters. The number of piperidine rings is 1. The third-order valence-electron chi connectivity index (χ3n) is 4.95. The van der Waals surface area contributed by atoms with E-state index in [0.29, 0.717) is 0 Å². The van der Waals surface area contributed by atoms with Crippen molar-refractivity contribution in [2.75, 3.05) is 6.54 Å². The molecule has 1 fully saturated rings. The van der Waals surface area contributed by atoms with E-state index in [1.165, 1.54) is 18.4 Å². The molecule has 0 spiro atoms. The Morgan fingerprint density at radius 3 is 3.00 bits per heavy atom. The summed E-state index contributed by atoms with van der Waals surface area (Å²) in [6.45, 7) is 7.46. The fourth-order valence-corrected chi connectivity index (χ4v) is 3.73. The van der Waals surface area contributed by atoms with Crippen molar-refractivity contribution < 1.29 is 9.84 Å². The lowest BCUT2D eigenvalue weighted by Gasteiger charge is -2.33. The van der Waals surface area contributed by atoms with Crippen molar-refractivity contribution in [3.8, 4) is 5.75 Å². The average Bonchev–Trinajstić information content (AvgIpc) is 2.80. The minimum Gasteiger partial charge on any atom is -0.487 e. The SMILES string of the molecule is CCC1CCNC(C(O)c2cccc3c2OC(C)(C)C3)C1. The van der Waals surface area contributed by atoms with E-state index >= 15 is 0 Å². The van der Waals surface area contributed by atoms with E-state index in [1.54, 1.807) is 0 Å². The van der Waals surface area contributed by atoms with Crippen LogP contribution in [0.15, 0.2) is 18.2 Å². The maximum Gasteiger partial charge on any atom is 0.129 e. The molecule has 21 heavy (non-hydrogen) atoms. The van der Waals surface area contributed by atoms with Crippen molar-refractivity contribution in [2.45, 2.75) is 64.2 Å². The number of ether oxygens (including phenoxy) is 1. The lowest BCUT2D eigenvalue weighted by molar-refractivity contribution is 0.0879. The molecule has 2 heterocycles. The third kappa shape index (κ3) is 2.95. The van der Waals surface area contributed by atoms with E-state index in [-0.39, 0.29) is 11.6 Å². The first-order valence-electron chi connectivity index (χ1n) is 8.22. The van der Waals surface area contributed by atoms with E-state index < -0.39 is 6.10 Å². The van der Waals surface area contributed by atoms with Crippen LogP contribution in [0.25, 0.3) is 0 Å². The highest BCUT2D eigenvalue weighted by Crippen LogP contribution is 2.41. The number of nitrogens with one attached hydrogen (secondary N) is 1. The number of hydrogen-bond donors (Lipinski definition) is 2. The molecule has 2 aliphatic rings. The second-order valence-corrected chi connectivity index (χ2v) is 7.18. The fraction of sp³-hybridized carbons (Fsp3) is 0.667. The largest absolute Gasteiger partial charge is 0.487 e. The van der Waals surface area contributed by atoms with Gasteiger partial charge in [0.15, 0.2) is 0 Å². The summed E-state index contributed by atoms with van der Waals surface area (Å²) in [5, 5.41) is 14.3. The van der Waals surface area contributed by atoms with Crippen LogP contribution >= 0.6 is 0 Å². The summed E-state index contributed by atoms with van der Waals surface area (Å²) in [7, 11) is 0. The van der Waals surface area contributed by atoms with Gasteiger partial charge >= 0.3 is 0 Å². The number of aliphatic hydroxyl groups excluding tert-OH is 1. The number of para-hydroxylation sites is 1. The van der Waals surface area contributed by atoms with Gasteiger partial charge in [0.05, 0.1) is 6.10 Å². The summed E-state index contributed by atoms with van der Waals surface area (Å²) in [5.74, 6) is 1.63. The lowest BCUT2D eigenvalue weighted by atomic mass is 9.85. The first-order valence-corrected chi connectivity index (χ1v) is 8.22. The second kappa shape index (κ2) is 5.62. The van der Waals surface area contributed by atoms with Crippen LogP contribution in [0.4, 0.5) is 0 Å². The molecule has 2 aliphatic heterocycles.